The molecule has 1 aromatic heterocycles. The quantitative estimate of drug-likeness (QED) is 0.146. The number of alkyl halides is 1. The number of carbonyl (C=O) groups is 4. The van der Waals surface area contributed by atoms with Crippen molar-refractivity contribution in [3.8, 4) is 11.3 Å². The lowest BCUT2D eigenvalue weighted by Crippen LogP contribution is -2.62. The third-order valence-corrected chi connectivity index (χ3v) is 12.9. The maximum Gasteiger partial charge on any atom is 0.410 e. The average molecular weight is 865 g/mol. The monoisotopic (exact) mass is 864 g/mol. The summed E-state index contributed by atoms with van der Waals surface area (Å²) in [6.45, 7) is 15.3. The van der Waals surface area contributed by atoms with Crippen molar-refractivity contribution in [2.45, 2.75) is 161 Å². The molecule has 0 spiro atoms. The van der Waals surface area contributed by atoms with E-state index in [1.807, 2.05) is 13.8 Å². The van der Waals surface area contributed by atoms with E-state index in [-0.39, 0.29) is 36.8 Å². The zero-order chi connectivity index (χ0) is 45.2. The number of nitrogens with zero attached hydrogens (tertiary/aromatic N) is 3. The summed E-state index contributed by atoms with van der Waals surface area (Å²) in [5.74, 6) is -7.47. The first-order valence-electron chi connectivity index (χ1n) is 21.4. The fourth-order valence-electron chi connectivity index (χ4n) is 9.58. The Morgan fingerprint density at radius 3 is 2.34 bits per heavy atom. The van der Waals surface area contributed by atoms with Gasteiger partial charge in [0.1, 0.15) is 29.6 Å². The fraction of sp³-hybridized carbons (Fsp3) is 0.705. The molecule has 1 aromatic carbocycles. The number of imidazole rings is 1. The number of likely N-dealkylation sites (N-methyl/N-ethyl adjacent to an activating group) is 1. The lowest BCUT2D eigenvalue weighted by atomic mass is 9.73. The number of hydrogen-bond acceptors (Lipinski definition) is 12. The number of unbranched alkanes of at least 4 members (excludes halogenated alkanes) is 1. The van der Waals surface area contributed by atoms with Gasteiger partial charge in [0, 0.05) is 61.8 Å². The van der Waals surface area contributed by atoms with Gasteiger partial charge in [-0.2, -0.15) is 0 Å². The van der Waals surface area contributed by atoms with Crippen LogP contribution in [0.5, 0.6) is 0 Å². The van der Waals surface area contributed by atoms with E-state index in [0.29, 0.717) is 38.0 Å². The number of ketones is 2. The number of fused-ring (bicyclic) bond motifs is 1. The maximum absolute atomic E-state index is 16.9. The van der Waals surface area contributed by atoms with Crippen LogP contribution >= 0.6 is 0 Å². The minimum Gasteiger partial charge on any atom is -0.455 e. The molecule has 17 heteroatoms. The molecule has 2 aromatic rings. The molecule has 3 aliphatic heterocycles. The lowest BCUT2D eigenvalue weighted by molar-refractivity contribution is -0.290. The van der Waals surface area contributed by atoms with E-state index in [1.165, 1.54) is 31.3 Å². The highest BCUT2D eigenvalue weighted by atomic mass is 19.1. The molecule has 340 valence electrons. The number of aromatic nitrogens is 2. The number of carbonyl (C=O) groups excluding carboxylic acids is 4. The number of methoxy groups -OCH3 is 1. The first-order valence-corrected chi connectivity index (χ1v) is 21.4. The van der Waals surface area contributed by atoms with Crippen LogP contribution in [0.2, 0.25) is 0 Å². The van der Waals surface area contributed by atoms with E-state index in [4.69, 9.17) is 23.7 Å². The average Bonchev–Trinajstić information content (AvgIpc) is 3.78. The summed E-state index contributed by atoms with van der Waals surface area (Å²) in [5.41, 5.74) is -5.87. The standard InChI is InChI=1S/C44H63F3N4O10/c1-11-33-44(9)36(51(41(56)61-44)18-14-13-17-50-22-32(49-23-50)29-16-15-28(45)20-30(29)46)26(5)34(52)24(3)21-42(7,57-10)38(27(6)37(54)43(8,47)40(55)59-33)60-39-35(53)31(48-12-2)19-25(4)58-39/h15-16,20,22-27,31,33,35-36,38-39,48,53H,11-14,17-19,21H2,1-10H3/t24-,25-,26+,27+,31+,33-,35+,36?,38-,39+,42-,43+,44-/m1/s1. The predicted octanol–water partition coefficient (Wildman–Crippen LogP) is 5.95. The molecule has 3 saturated heterocycles. The van der Waals surface area contributed by atoms with E-state index in [9.17, 15) is 33.1 Å². The topological polar surface area (TPSA) is 168 Å². The summed E-state index contributed by atoms with van der Waals surface area (Å²) in [4.78, 5) is 62.4. The van der Waals surface area contributed by atoms with Crippen molar-refractivity contribution in [1.82, 2.24) is 19.8 Å². The predicted molar refractivity (Wildman–Crippen MR) is 217 cm³/mol. The normalized spacial score (nSPS) is 36.7. The van der Waals surface area contributed by atoms with Gasteiger partial charge < -0.3 is 43.6 Å². The SMILES string of the molecule is CCN[C@H]1C[C@@H](C)O[C@@H](O[C@@H]2[C@@H](C)C(=O)[C@](C)(F)C(=O)O[C@H](CC)[C@@]3(C)OC(=O)N(CCCCn4cnc(-c5ccc(F)cc5F)c4)C3[C@@H](C)C(=O)[C@H](C)C[C@@]2(C)OC)[C@H]1O. The van der Waals surface area contributed by atoms with E-state index < -0.39 is 101 Å². The van der Waals surface area contributed by atoms with E-state index in [0.717, 1.165) is 19.1 Å². The Morgan fingerprint density at radius 1 is 1.02 bits per heavy atom. The number of amides is 1. The Kier molecular flexibility index (Phi) is 15.2. The van der Waals surface area contributed by atoms with E-state index in [2.05, 4.69) is 10.3 Å². The molecule has 3 aliphatic rings. The van der Waals surface area contributed by atoms with Crippen LogP contribution in [0, 0.1) is 29.4 Å². The van der Waals surface area contributed by atoms with E-state index in [1.54, 1.807) is 45.4 Å². The van der Waals surface area contributed by atoms with Crippen molar-refractivity contribution in [2.24, 2.45) is 17.8 Å². The summed E-state index contributed by atoms with van der Waals surface area (Å²) in [7, 11) is 1.38. The number of aryl methyl sites for hydroxylation is 1. The molecule has 14 nitrogen and oxygen atoms in total. The molecule has 3 fully saturated rings. The van der Waals surface area contributed by atoms with Gasteiger partial charge in [0.2, 0.25) is 0 Å². The number of esters is 1. The minimum absolute atomic E-state index is 0.0401. The number of cyclic esters (lactones) is 1. The highest BCUT2D eigenvalue weighted by Gasteiger charge is 2.61. The number of benzene rings is 1. The Labute approximate surface area is 356 Å². The highest BCUT2D eigenvalue weighted by Crippen LogP contribution is 2.43. The number of Topliss-reactive ketones (excluding diaryl/α,β-unsaturated/α-hetero) is 2. The van der Waals surface area contributed by atoms with Crippen LogP contribution in [0.1, 0.15) is 94.4 Å². The summed E-state index contributed by atoms with van der Waals surface area (Å²) >= 11 is 0. The largest absolute Gasteiger partial charge is 0.455 e. The Hall–Kier alpha value is -3.90. The van der Waals surface area contributed by atoms with Crippen LogP contribution < -0.4 is 5.32 Å². The zero-order valence-corrected chi connectivity index (χ0v) is 36.9. The number of ether oxygens (including phenoxy) is 5. The molecule has 0 aliphatic carbocycles. The van der Waals surface area contributed by atoms with Gasteiger partial charge in [0.05, 0.1) is 35.9 Å². The van der Waals surface area contributed by atoms with Gasteiger partial charge in [0.25, 0.3) is 5.67 Å². The maximum atomic E-state index is 16.9. The van der Waals surface area contributed by atoms with Gasteiger partial charge in [-0.1, -0.05) is 34.6 Å². The van der Waals surface area contributed by atoms with Crippen molar-refractivity contribution in [3.63, 3.8) is 0 Å². The molecule has 1 unspecified atom stereocenters. The van der Waals surface area contributed by atoms with Crippen molar-refractivity contribution in [1.29, 1.82) is 0 Å². The molecule has 0 radical (unpaired) electrons. The third kappa shape index (κ3) is 9.85. The summed E-state index contributed by atoms with van der Waals surface area (Å²) in [6, 6.07) is 1.85. The highest BCUT2D eigenvalue weighted by molar-refractivity contribution is 6.08. The second kappa shape index (κ2) is 19.2. The fourth-order valence-corrected chi connectivity index (χ4v) is 9.58. The molecule has 4 heterocycles. The second-order valence-electron chi connectivity index (χ2n) is 17.6. The van der Waals surface area contributed by atoms with Gasteiger partial charge in [-0.3, -0.25) is 9.59 Å². The first kappa shape index (κ1) is 48.1. The Balaban J connectivity index is 1.44. The van der Waals surface area contributed by atoms with Gasteiger partial charge >= 0.3 is 12.1 Å². The smallest absolute Gasteiger partial charge is 0.410 e. The molecular weight excluding hydrogens is 801 g/mol. The third-order valence-electron chi connectivity index (χ3n) is 12.9. The Morgan fingerprint density at radius 2 is 1.70 bits per heavy atom. The summed E-state index contributed by atoms with van der Waals surface area (Å²) < 4.78 is 76.9. The zero-order valence-electron chi connectivity index (χ0n) is 36.9. The van der Waals surface area contributed by atoms with Crippen molar-refractivity contribution in [3.05, 3.63) is 42.4 Å². The molecule has 61 heavy (non-hydrogen) atoms. The van der Waals surface area contributed by atoms with Gasteiger partial charge in [-0.25, -0.2) is 27.7 Å². The van der Waals surface area contributed by atoms with Crippen LogP contribution in [0.3, 0.4) is 0 Å². The van der Waals surface area contributed by atoms with Gasteiger partial charge in [-0.05, 0) is 78.5 Å². The molecule has 13 atom stereocenters. The molecule has 1 amide bonds. The van der Waals surface area contributed by atoms with Crippen molar-refractivity contribution >= 4 is 23.6 Å². The molecule has 0 bridgehead atoms. The number of halogens is 3. The number of aliphatic hydroxyl groups excluding tert-OH is 1. The van der Waals surface area contributed by atoms with E-state index >= 15 is 4.39 Å². The van der Waals surface area contributed by atoms with Crippen LogP contribution in [0.4, 0.5) is 18.0 Å². The number of nitrogens with one attached hydrogen (secondary N) is 1. The van der Waals surface area contributed by atoms with Gasteiger partial charge in [0.15, 0.2) is 17.7 Å². The molecule has 2 N–H and O–H groups in total. The summed E-state index contributed by atoms with van der Waals surface area (Å²) in [6.07, 6.45) is -1.62. The number of rotatable bonds is 12. The van der Waals surface area contributed by atoms with Crippen LogP contribution in [0.25, 0.3) is 11.3 Å². The first-order chi connectivity index (χ1) is 28.6. The minimum atomic E-state index is -3.21. The number of aliphatic hydroxyl groups is 1. The molecular formula is C44H63F3N4O10. The molecule has 0 saturated carbocycles. The van der Waals surface area contributed by atoms with Crippen LogP contribution in [0.15, 0.2) is 30.7 Å². The van der Waals surface area contributed by atoms with Crippen LogP contribution in [-0.4, -0.2) is 123 Å². The van der Waals surface area contributed by atoms with Gasteiger partial charge in [-0.15, -0.1) is 0 Å². The summed E-state index contributed by atoms with van der Waals surface area (Å²) in [5, 5.41) is 14.6. The van der Waals surface area contributed by atoms with Crippen LogP contribution in [-0.2, 0) is 44.6 Å². The lowest BCUT2D eigenvalue weighted by Gasteiger charge is -2.46. The second-order valence-corrected chi connectivity index (χ2v) is 17.6. The number of hydrogen-bond donors (Lipinski definition) is 2. The Bertz CT molecular complexity index is 1900. The van der Waals surface area contributed by atoms with Crippen molar-refractivity contribution in [2.75, 3.05) is 20.2 Å². The molecule has 5 rings (SSSR count). The van der Waals surface area contributed by atoms with Crippen molar-refractivity contribution < 1.29 is 61.1 Å².